The average Bonchev–Trinajstić information content (AvgIpc) is 3.17. The summed E-state index contributed by atoms with van der Waals surface area (Å²) in [6.07, 6.45) is 10.2. The zero-order chi connectivity index (χ0) is 35.9. The molecule has 0 fully saturated rings. The monoisotopic (exact) mass is 693 g/mol. The lowest BCUT2D eigenvalue weighted by Crippen LogP contribution is -2.37. The molecule has 0 aliphatic carbocycles. The number of aryl methyl sites for hydroxylation is 1. The molecule has 3 N–H and O–H groups in total. The highest BCUT2D eigenvalue weighted by atomic mass is 19.1. The van der Waals surface area contributed by atoms with Crippen molar-refractivity contribution in [2.75, 3.05) is 40.4 Å². The van der Waals surface area contributed by atoms with Gasteiger partial charge in [0.05, 0.1) is 14.2 Å². The molecular formula is C44H56FN3O3. The van der Waals surface area contributed by atoms with Crippen molar-refractivity contribution in [3.8, 4) is 11.5 Å². The first-order valence-electron chi connectivity index (χ1n) is 18.8. The van der Waals surface area contributed by atoms with Crippen LogP contribution in [0.4, 0.5) is 4.39 Å². The Hall–Kier alpha value is -4.20. The van der Waals surface area contributed by atoms with Gasteiger partial charge in [-0.25, -0.2) is 4.39 Å². The van der Waals surface area contributed by atoms with Crippen molar-refractivity contribution in [1.82, 2.24) is 10.2 Å². The highest BCUT2D eigenvalue weighted by molar-refractivity contribution is 5.76. The van der Waals surface area contributed by atoms with Crippen molar-refractivity contribution in [2.45, 2.75) is 82.1 Å². The van der Waals surface area contributed by atoms with E-state index < -0.39 is 0 Å². The number of rotatable bonds is 20. The fourth-order valence-corrected chi connectivity index (χ4v) is 7.93. The SMILES string of the molecule is COc1cc2c(cc1OC)C(CCCCCN)N(CCCC(CCCNC(=O)CCc1ccc(F)cc1)(c1ccccc1)c1ccccc1)CC2. The third-order valence-electron chi connectivity index (χ3n) is 10.7. The van der Waals surface area contributed by atoms with Gasteiger partial charge in [0.15, 0.2) is 11.5 Å². The van der Waals surface area contributed by atoms with Crippen LogP contribution in [-0.4, -0.2) is 51.2 Å². The van der Waals surface area contributed by atoms with Gasteiger partial charge in [0.25, 0.3) is 0 Å². The van der Waals surface area contributed by atoms with Crippen LogP contribution in [0.2, 0.25) is 0 Å². The molecular weight excluding hydrogens is 638 g/mol. The number of nitrogens with two attached hydrogens (primary N) is 1. The molecule has 272 valence electrons. The molecule has 0 radical (unpaired) electrons. The normalized spacial score (nSPS) is 14.5. The first-order valence-corrected chi connectivity index (χ1v) is 18.8. The molecule has 1 atom stereocenters. The second kappa shape index (κ2) is 19.4. The third kappa shape index (κ3) is 10.2. The summed E-state index contributed by atoms with van der Waals surface area (Å²) >= 11 is 0. The van der Waals surface area contributed by atoms with Crippen molar-refractivity contribution >= 4 is 5.91 Å². The number of halogens is 1. The maximum absolute atomic E-state index is 13.3. The van der Waals surface area contributed by atoms with Crippen molar-refractivity contribution in [3.63, 3.8) is 0 Å². The molecule has 1 amide bonds. The number of hydrogen-bond acceptors (Lipinski definition) is 5. The number of hydrogen-bond donors (Lipinski definition) is 2. The zero-order valence-corrected chi connectivity index (χ0v) is 30.5. The molecule has 0 aromatic heterocycles. The van der Waals surface area contributed by atoms with Crippen molar-refractivity contribution in [2.24, 2.45) is 5.73 Å². The molecule has 51 heavy (non-hydrogen) atoms. The van der Waals surface area contributed by atoms with E-state index in [4.69, 9.17) is 15.2 Å². The van der Waals surface area contributed by atoms with E-state index in [1.807, 2.05) is 0 Å². The minimum atomic E-state index is -0.260. The number of ether oxygens (including phenoxy) is 2. The van der Waals surface area contributed by atoms with Gasteiger partial charge in [-0.2, -0.15) is 0 Å². The summed E-state index contributed by atoms with van der Waals surface area (Å²) in [5, 5.41) is 3.16. The standard InChI is InChI=1S/C44H56FN3O3/c1-50-41-32-35-25-31-48(40(18-10-5-11-28-46)39(35)33-42(41)51-2)30-13-27-44(36-14-6-3-7-15-36,37-16-8-4-9-17-37)26-12-29-47-43(49)24-21-34-19-22-38(45)23-20-34/h3-4,6-9,14-17,19-20,22-23,32-33,40H,5,10-13,18,21,24-31,46H2,1-2H3,(H,47,49). The van der Waals surface area contributed by atoms with Crippen molar-refractivity contribution in [3.05, 3.63) is 131 Å². The van der Waals surface area contributed by atoms with Crippen LogP contribution < -0.4 is 20.5 Å². The Morgan fingerprint density at radius 1 is 0.843 bits per heavy atom. The van der Waals surface area contributed by atoms with Crippen molar-refractivity contribution in [1.29, 1.82) is 0 Å². The Balaban J connectivity index is 1.31. The molecule has 1 aliphatic heterocycles. The molecule has 0 saturated heterocycles. The van der Waals surface area contributed by atoms with Gasteiger partial charge in [0.2, 0.25) is 5.91 Å². The number of amides is 1. The lowest BCUT2D eigenvalue weighted by atomic mass is 9.68. The number of benzene rings is 4. The molecule has 7 heteroatoms. The molecule has 1 heterocycles. The van der Waals surface area contributed by atoms with Crippen LogP contribution in [0.5, 0.6) is 11.5 Å². The summed E-state index contributed by atoms with van der Waals surface area (Å²) in [5.74, 6) is 1.36. The fraction of sp³-hybridized carbons (Fsp3) is 0.432. The third-order valence-corrected chi connectivity index (χ3v) is 10.7. The Morgan fingerprint density at radius 3 is 2.14 bits per heavy atom. The van der Waals surface area contributed by atoms with E-state index in [2.05, 4.69) is 83.0 Å². The predicted octanol–water partition coefficient (Wildman–Crippen LogP) is 8.56. The highest BCUT2D eigenvalue weighted by Crippen LogP contribution is 2.43. The Bertz CT molecular complexity index is 1590. The molecule has 4 aromatic rings. The van der Waals surface area contributed by atoms with Crippen LogP contribution in [0.25, 0.3) is 0 Å². The summed E-state index contributed by atoms with van der Waals surface area (Å²) < 4.78 is 24.7. The smallest absolute Gasteiger partial charge is 0.220 e. The number of methoxy groups -OCH3 is 2. The van der Waals surface area contributed by atoms with E-state index in [0.717, 1.165) is 94.5 Å². The minimum absolute atomic E-state index is 0.0291. The van der Waals surface area contributed by atoms with Gasteiger partial charge in [-0.1, -0.05) is 85.6 Å². The average molecular weight is 694 g/mol. The topological polar surface area (TPSA) is 76.8 Å². The lowest BCUT2D eigenvalue weighted by molar-refractivity contribution is -0.121. The van der Waals surface area contributed by atoms with Crippen LogP contribution >= 0.6 is 0 Å². The zero-order valence-electron chi connectivity index (χ0n) is 30.5. The molecule has 4 aromatic carbocycles. The van der Waals surface area contributed by atoms with E-state index in [0.29, 0.717) is 25.4 Å². The van der Waals surface area contributed by atoms with E-state index in [1.54, 1.807) is 26.4 Å². The maximum atomic E-state index is 13.3. The van der Waals surface area contributed by atoms with Crippen LogP contribution in [0.15, 0.2) is 97.1 Å². The van der Waals surface area contributed by atoms with E-state index in [1.165, 1.54) is 34.4 Å². The number of nitrogens with one attached hydrogen (secondary N) is 1. The quantitative estimate of drug-likeness (QED) is 0.0908. The molecule has 1 unspecified atom stereocenters. The van der Waals surface area contributed by atoms with Gasteiger partial charge in [-0.05, 0) is 117 Å². The van der Waals surface area contributed by atoms with Crippen molar-refractivity contribution < 1.29 is 18.7 Å². The number of unbranched alkanes of at least 4 members (excludes halogenated alkanes) is 2. The Labute approximate surface area is 304 Å². The first kappa shape index (κ1) is 38.0. The van der Waals surface area contributed by atoms with Crippen LogP contribution in [0, 0.1) is 5.82 Å². The maximum Gasteiger partial charge on any atom is 0.220 e. The molecule has 0 spiro atoms. The number of carbonyl (C=O) groups is 1. The summed E-state index contributed by atoms with van der Waals surface area (Å²) in [4.78, 5) is 15.5. The van der Waals surface area contributed by atoms with Crippen LogP contribution in [0.3, 0.4) is 0 Å². The van der Waals surface area contributed by atoms with Gasteiger partial charge >= 0.3 is 0 Å². The number of carbonyl (C=O) groups excluding carboxylic acids is 1. The number of nitrogens with zero attached hydrogens (tertiary/aromatic N) is 1. The molecule has 0 bridgehead atoms. The second-order valence-corrected chi connectivity index (χ2v) is 13.8. The predicted molar refractivity (Wildman–Crippen MR) is 205 cm³/mol. The minimum Gasteiger partial charge on any atom is -0.493 e. The Morgan fingerprint density at radius 2 is 1.49 bits per heavy atom. The molecule has 5 rings (SSSR count). The summed E-state index contributed by atoms with van der Waals surface area (Å²) in [6.45, 7) is 3.36. The van der Waals surface area contributed by atoms with E-state index >= 15 is 0 Å². The molecule has 0 saturated carbocycles. The van der Waals surface area contributed by atoms with Crippen LogP contribution in [0.1, 0.15) is 91.6 Å². The second-order valence-electron chi connectivity index (χ2n) is 13.8. The number of fused-ring (bicyclic) bond motifs is 1. The van der Waals surface area contributed by atoms with Gasteiger partial charge in [0.1, 0.15) is 5.82 Å². The van der Waals surface area contributed by atoms with E-state index in [9.17, 15) is 9.18 Å². The largest absolute Gasteiger partial charge is 0.493 e. The van der Waals surface area contributed by atoms with E-state index in [-0.39, 0.29) is 17.1 Å². The lowest BCUT2D eigenvalue weighted by Gasteiger charge is -2.40. The van der Waals surface area contributed by atoms with Gasteiger partial charge in [0, 0.05) is 31.0 Å². The summed E-state index contributed by atoms with van der Waals surface area (Å²) in [5.41, 5.74) is 12.0. The van der Waals surface area contributed by atoms with Gasteiger partial charge in [-0.15, -0.1) is 0 Å². The Kier molecular flexibility index (Phi) is 14.5. The molecule has 1 aliphatic rings. The van der Waals surface area contributed by atoms with Gasteiger partial charge in [-0.3, -0.25) is 9.69 Å². The first-order chi connectivity index (χ1) is 25.0. The van der Waals surface area contributed by atoms with Gasteiger partial charge < -0.3 is 20.5 Å². The summed E-state index contributed by atoms with van der Waals surface area (Å²) in [6, 6.07) is 32.9. The molecule has 6 nitrogen and oxygen atoms in total. The highest BCUT2D eigenvalue weighted by Gasteiger charge is 2.35. The van der Waals surface area contributed by atoms with Crippen LogP contribution in [-0.2, 0) is 23.1 Å². The fourth-order valence-electron chi connectivity index (χ4n) is 7.93. The summed E-state index contributed by atoms with van der Waals surface area (Å²) in [7, 11) is 3.42.